The van der Waals surface area contributed by atoms with Gasteiger partial charge in [-0.15, -0.1) is 0 Å². The summed E-state index contributed by atoms with van der Waals surface area (Å²) in [5.41, 5.74) is 5.90. The molecule has 2 aromatic carbocycles. The number of urea groups is 1. The van der Waals surface area contributed by atoms with Crippen LogP contribution in [0.4, 0.5) is 26.6 Å². The van der Waals surface area contributed by atoms with Gasteiger partial charge < -0.3 is 15.5 Å². The van der Waals surface area contributed by atoms with Crippen LogP contribution >= 0.6 is 0 Å². The zero-order valence-corrected chi connectivity index (χ0v) is 20.5. The predicted octanol–water partition coefficient (Wildman–Crippen LogP) is 5.08. The maximum Gasteiger partial charge on any atom is 0.328 e. The Hall–Kier alpha value is -3.52. The lowest BCUT2D eigenvalue weighted by Gasteiger charge is -2.32. The number of rotatable bonds is 6. The molecule has 0 saturated carbocycles. The van der Waals surface area contributed by atoms with E-state index in [9.17, 15) is 9.18 Å². The number of amides is 2. The molecule has 3 heterocycles. The molecule has 0 spiro atoms. The van der Waals surface area contributed by atoms with Crippen LogP contribution in [0.15, 0.2) is 36.4 Å². The molecule has 0 radical (unpaired) electrons. The first-order valence-corrected chi connectivity index (χ1v) is 12.2. The molecule has 3 aromatic rings. The Labute approximate surface area is 205 Å². The summed E-state index contributed by atoms with van der Waals surface area (Å²) in [4.78, 5) is 27.0. The predicted molar refractivity (Wildman–Crippen MR) is 137 cm³/mol. The maximum atomic E-state index is 13.9. The summed E-state index contributed by atoms with van der Waals surface area (Å²) in [5.74, 6) is 0.736. The number of anilines is 3. The molecular weight excluding hydrogens is 443 g/mol. The Kier molecular flexibility index (Phi) is 6.38. The van der Waals surface area contributed by atoms with E-state index in [1.54, 1.807) is 11.0 Å². The van der Waals surface area contributed by atoms with Gasteiger partial charge in [-0.25, -0.2) is 19.1 Å². The van der Waals surface area contributed by atoms with Crippen molar-refractivity contribution in [2.45, 2.75) is 40.2 Å². The lowest BCUT2D eigenvalue weighted by molar-refractivity contribution is 0.246. The van der Waals surface area contributed by atoms with Crippen LogP contribution in [-0.2, 0) is 6.54 Å². The minimum atomic E-state index is -0.288. The highest BCUT2D eigenvalue weighted by atomic mass is 19.1. The second kappa shape index (κ2) is 9.62. The number of nitrogens with one attached hydrogen (secondary N) is 2. The fraction of sp³-hybridized carbons (Fsp3) is 0.370. The zero-order chi connectivity index (χ0) is 24.5. The average Bonchev–Trinajstić information content (AvgIpc) is 3.33. The SMILES string of the molecule is Cc1cc(F)ccc1-c1nc(NCCN2CCCC2)nc2c1CNC(=O)N2c1c(C)cccc1C. The van der Waals surface area contributed by atoms with Crippen molar-refractivity contribution in [2.75, 3.05) is 36.4 Å². The molecule has 2 aliphatic rings. The van der Waals surface area contributed by atoms with E-state index < -0.39 is 0 Å². The van der Waals surface area contributed by atoms with Gasteiger partial charge in [-0.05, 0) is 81.6 Å². The summed E-state index contributed by atoms with van der Waals surface area (Å²) in [6.07, 6.45) is 2.48. The summed E-state index contributed by atoms with van der Waals surface area (Å²) in [6.45, 7) is 10.0. The van der Waals surface area contributed by atoms with E-state index in [-0.39, 0.29) is 11.8 Å². The number of aromatic nitrogens is 2. The van der Waals surface area contributed by atoms with Crippen LogP contribution in [0, 0.1) is 26.6 Å². The molecule has 2 amide bonds. The molecule has 5 rings (SSSR count). The third-order valence-corrected chi connectivity index (χ3v) is 6.83. The normalized spacial score (nSPS) is 15.8. The quantitative estimate of drug-likeness (QED) is 0.521. The Morgan fingerprint density at radius 1 is 1.03 bits per heavy atom. The van der Waals surface area contributed by atoms with Crippen molar-refractivity contribution in [3.8, 4) is 11.3 Å². The van der Waals surface area contributed by atoms with Gasteiger partial charge in [0, 0.05) is 24.2 Å². The lowest BCUT2D eigenvalue weighted by Crippen LogP contribution is -2.43. The van der Waals surface area contributed by atoms with Crippen molar-refractivity contribution in [1.82, 2.24) is 20.2 Å². The van der Waals surface area contributed by atoms with Gasteiger partial charge in [0.1, 0.15) is 5.82 Å². The number of benzene rings is 2. The Bertz CT molecular complexity index is 1250. The number of fused-ring (bicyclic) bond motifs is 1. The van der Waals surface area contributed by atoms with Crippen LogP contribution in [-0.4, -0.2) is 47.1 Å². The van der Waals surface area contributed by atoms with Crippen LogP contribution in [0.2, 0.25) is 0 Å². The zero-order valence-electron chi connectivity index (χ0n) is 20.5. The second-order valence-corrected chi connectivity index (χ2v) is 9.37. The highest BCUT2D eigenvalue weighted by Crippen LogP contribution is 2.39. The number of para-hydroxylation sites is 1. The summed E-state index contributed by atoms with van der Waals surface area (Å²) >= 11 is 0. The summed E-state index contributed by atoms with van der Waals surface area (Å²) < 4.78 is 13.9. The molecule has 0 atom stereocenters. The van der Waals surface area contributed by atoms with Crippen molar-refractivity contribution in [1.29, 1.82) is 0 Å². The van der Waals surface area contributed by atoms with Crippen molar-refractivity contribution in [2.24, 2.45) is 0 Å². The molecule has 0 unspecified atom stereocenters. The smallest absolute Gasteiger partial charge is 0.328 e. The van der Waals surface area contributed by atoms with Gasteiger partial charge in [-0.1, -0.05) is 18.2 Å². The monoisotopic (exact) mass is 474 g/mol. The summed E-state index contributed by atoms with van der Waals surface area (Å²) in [7, 11) is 0. The number of carbonyl (C=O) groups excluding carboxylic acids is 1. The standard InChI is InChI=1S/C27H31FN6O/c1-17-7-6-8-18(2)24(17)34-25-22(16-30-27(34)35)23(21-10-9-20(28)15-19(21)3)31-26(32-25)29-11-14-33-12-4-5-13-33/h6-10,15H,4-5,11-14,16H2,1-3H3,(H,30,35)(H,29,31,32). The highest BCUT2D eigenvalue weighted by Gasteiger charge is 2.32. The number of nitrogens with zero attached hydrogens (tertiary/aromatic N) is 4. The first-order valence-electron chi connectivity index (χ1n) is 12.2. The van der Waals surface area contributed by atoms with Gasteiger partial charge in [-0.3, -0.25) is 0 Å². The van der Waals surface area contributed by atoms with Crippen LogP contribution in [0.25, 0.3) is 11.3 Å². The van der Waals surface area contributed by atoms with E-state index in [1.165, 1.54) is 25.0 Å². The van der Waals surface area contributed by atoms with E-state index in [0.29, 0.717) is 30.5 Å². The highest BCUT2D eigenvalue weighted by molar-refractivity contribution is 6.03. The van der Waals surface area contributed by atoms with Gasteiger partial charge in [0.25, 0.3) is 0 Å². The van der Waals surface area contributed by atoms with E-state index in [1.807, 2.05) is 39.0 Å². The molecule has 1 fully saturated rings. The van der Waals surface area contributed by atoms with E-state index >= 15 is 0 Å². The van der Waals surface area contributed by atoms with Gasteiger partial charge in [0.15, 0.2) is 5.82 Å². The van der Waals surface area contributed by atoms with Crippen molar-refractivity contribution >= 4 is 23.5 Å². The van der Waals surface area contributed by atoms with Crippen LogP contribution in [0.3, 0.4) is 0 Å². The molecule has 2 N–H and O–H groups in total. The number of likely N-dealkylation sites (tertiary alicyclic amines) is 1. The third-order valence-electron chi connectivity index (χ3n) is 6.83. The summed E-state index contributed by atoms with van der Waals surface area (Å²) in [5, 5.41) is 6.37. The number of carbonyl (C=O) groups is 1. The van der Waals surface area contributed by atoms with Crippen molar-refractivity contribution < 1.29 is 9.18 Å². The first kappa shape index (κ1) is 23.2. The van der Waals surface area contributed by atoms with Gasteiger partial charge in [0.05, 0.1) is 17.9 Å². The molecule has 1 saturated heterocycles. The number of aryl methyl sites for hydroxylation is 3. The maximum absolute atomic E-state index is 13.9. The molecule has 8 heteroatoms. The second-order valence-electron chi connectivity index (χ2n) is 9.37. The number of hydrogen-bond acceptors (Lipinski definition) is 5. The Balaban J connectivity index is 1.62. The molecule has 1 aromatic heterocycles. The van der Waals surface area contributed by atoms with Gasteiger partial charge in [-0.2, -0.15) is 4.98 Å². The minimum Gasteiger partial charge on any atom is -0.353 e. The molecule has 0 bridgehead atoms. The molecule has 7 nitrogen and oxygen atoms in total. The Morgan fingerprint density at radius 3 is 2.49 bits per heavy atom. The number of hydrogen-bond donors (Lipinski definition) is 2. The van der Waals surface area contributed by atoms with E-state index in [4.69, 9.17) is 9.97 Å². The van der Waals surface area contributed by atoms with Crippen molar-refractivity contribution in [3.05, 3.63) is 64.5 Å². The fourth-order valence-electron chi connectivity index (χ4n) is 5.05. The Morgan fingerprint density at radius 2 is 1.77 bits per heavy atom. The van der Waals surface area contributed by atoms with Crippen LogP contribution < -0.4 is 15.5 Å². The van der Waals surface area contributed by atoms with Crippen LogP contribution in [0.1, 0.15) is 35.1 Å². The molecule has 182 valence electrons. The van der Waals surface area contributed by atoms with E-state index in [2.05, 4.69) is 15.5 Å². The number of halogens is 1. The fourth-order valence-corrected chi connectivity index (χ4v) is 5.05. The first-order chi connectivity index (χ1) is 16.9. The molecule has 0 aliphatic carbocycles. The summed E-state index contributed by atoms with van der Waals surface area (Å²) in [6, 6.07) is 10.4. The van der Waals surface area contributed by atoms with Crippen LogP contribution in [0.5, 0.6) is 0 Å². The lowest BCUT2D eigenvalue weighted by atomic mass is 9.99. The van der Waals surface area contributed by atoms with E-state index in [0.717, 1.165) is 53.1 Å². The van der Waals surface area contributed by atoms with Crippen molar-refractivity contribution in [3.63, 3.8) is 0 Å². The largest absolute Gasteiger partial charge is 0.353 e. The van der Waals surface area contributed by atoms with Gasteiger partial charge in [0.2, 0.25) is 5.95 Å². The average molecular weight is 475 g/mol. The molecule has 35 heavy (non-hydrogen) atoms. The molecular formula is C27H31FN6O. The molecule has 2 aliphatic heterocycles. The third kappa shape index (κ3) is 4.58. The van der Waals surface area contributed by atoms with Gasteiger partial charge >= 0.3 is 6.03 Å². The topological polar surface area (TPSA) is 73.4 Å². The minimum absolute atomic E-state index is 0.224.